The second-order valence-corrected chi connectivity index (χ2v) is 4.21. The molecule has 0 bridgehead atoms. The summed E-state index contributed by atoms with van der Waals surface area (Å²) in [6, 6.07) is 9.02. The molecule has 0 aliphatic rings. The van der Waals surface area contributed by atoms with E-state index in [2.05, 4.69) is 20.7 Å². The minimum atomic E-state index is 0.279. The van der Waals surface area contributed by atoms with Crippen LogP contribution in [0.5, 0.6) is 5.75 Å². The third-order valence-electron chi connectivity index (χ3n) is 2.64. The van der Waals surface area contributed by atoms with Crippen molar-refractivity contribution >= 4 is 11.8 Å². The maximum absolute atomic E-state index is 9.20. The van der Waals surface area contributed by atoms with Crippen molar-refractivity contribution in [3.63, 3.8) is 0 Å². The third kappa shape index (κ3) is 3.82. The zero-order valence-corrected chi connectivity index (χ0v) is 10.7. The van der Waals surface area contributed by atoms with Gasteiger partial charge in [0, 0.05) is 18.3 Å². The normalized spacial score (nSPS) is 10.2. The molecule has 0 unspecified atom stereocenters. The van der Waals surface area contributed by atoms with Crippen LogP contribution >= 0.6 is 0 Å². The Morgan fingerprint density at radius 1 is 1.21 bits per heavy atom. The topological polar surface area (TPSA) is 96.1 Å². The van der Waals surface area contributed by atoms with Gasteiger partial charge in [-0.05, 0) is 31.0 Å². The number of nitrogens with zero attached hydrogens (tertiary/aromatic N) is 2. The number of aryl methyl sites for hydroxylation is 1. The number of hydrogen-bond donors (Lipinski definition) is 4. The maximum atomic E-state index is 9.20. The van der Waals surface area contributed by atoms with E-state index in [9.17, 15) is 5.11 Å². The lowest BCUT2D eigenvalue weighted by atomic mass is 10.1. The fourth-order valence-electron chi connectivity index (χ4n) is 1.72. The Balaban J connectivity index is 1.92. The van der Waals surface area contributed by atoms with E-state index in [4.69, 9.17) is 5.84 Å². The van der Waals surface area contributed by atoms with Crippen LogP contribution in [0.2, 0.25) is 0 Å². The lowest BCUT2D eigenvalue weighted by Crippen LogP contribution is -2.13. The lowest BCUT2D eigenvalue weighted by Gasteiger charge is -2.08. The molecule has 2 rings (SSSR count). The molecule has 0 amide bonds. The van der Waals surface area contributed by atoms with Crippen LogP contribution in [0.3, 0.4) is 0 Å². The van der Waals surface area contributed by atoms with Crippen LogP contribution in [0.4, 0.5) is 11.8 Å². The van der Waals surface area contributed by atoms with Crippen molar-refractivity contribution in [2.75, 3.05) is 17.3 Å². The molecule has 6 heteroatoms. The molecule has 6 nitrogen and oxygen atoms in total. The van der Waals surface area contributed by atoms with Crippen LogP contribution in [0.1, 0.15) is 11.3 Å². The second kappa shape index (κ2) is 6.01. The molecule has 0 aliphatic heterocycles. The molecule has 1 aromatic carbocycles. The van der Waals surface area contributed by atoms with E-state index in [1.165, 1.54) is 0 Å². The number of nitrogens with two attached hydrogens (primary N) is 1. The Morgan fingerprint density at radius 3 is 2.63 bits per heavy atom. The molecule has 5 N–H and O–H groups in total. The quantitative estimate of drug-likeness (QED) is 0.479. The number of aromatic nitrogens is 2. The number of nitrogen functional groups attached to an aromatic ring is 1. The average molecular weight is 259 g/mol. The van der Waals surface area contributed by atoms with Crippen molar-refractivity contribution in [1.82, 2.24) is 9.97 Å². The Labute approximate surface area is 111 Å². The van der Waals surface area contributed by atoms with Crippen molar-refractivity contribution in [2.45, 2.75) is 13.3 Å². The summed E-state index contributed by atoms with van der Waals surface area (Å²) in [4.78, 5) is 8.31. The second-order valence-electron chi connectivity index (χ2n) is 4.21. The first kappa shape index (κ1) is 13.1. The number of anilines is 2. The first-order chi connectivity index (χ1) is 9.17. The Morgan fingerprint density at radius 2 is 1.95 bits per heavy atom. The van der Waals surface area contributed by atoms with Gasteiger partial charge in [0.2, 0.25) is 5.95 Å². The van der Waals surface area contributed by atoms with E-state index in [0.29, 0.717) is 5.95 Å². The highest BCUT2D eigenvalue weighted by Crippen LogP contribution is 2.11. The summed E-state index contributed by atoms with van der Waals surface area (Å²) < 4.78 is 0. The van der Waals surface area contributed by atoms with Gasteiger partial charge in [0.1, 0.15) is 11.6 Å². The van der Waals surface area contributed by atoms with Crippen LogP contribution in [0.25, 0.3) is 0 Å². The van der Waals surface area contributed by atoms with E-state index >= 15 is 0 Å². The molecule has 0 atom stereocenters. The van der Waals surface area contributed by atoms with Crippen molar-refractivity contribution in [3.8, 4) is 5.75 Å². The van der Waals surface area contributed by atoms with Crippen molar-refractivity contribution in [2.24, 2.45) is 5.84 Å². The molecule has 100 valence electrons. The fourth-order valence-corrected chi connectivity index (χ4v) is 1.72. The standard InChI is InChI=1S/C13H17N5O/c1-9-8-12(17-13(16-9)18-14)15-7-6-10-2-4-11(19)5-3-10/h2-5,8,19H,6-7,14H2,1H3,(H2,15,16,17,18). The number of hydrazine groups is 1. The molecule has 2 aromatic rings. The summed E-state index contributed by atoms with van der Waals surface area (Å²) in [5.41, 5.74) is 4.42. The lowest BCUT2D eigenvalue weighted by molar-refractivity contribution is 0.475. The number of phenols is 1. The van der Waals surface area contributed by atoms with E-state index in [1.807, 2.05) is 25.1 Å². The largest absolute Gasteiger partial charge is 0.508 e. The van der Waals surface area contributed by atoms with Crippen LogP contribution in [-0.2, 0) is 6.42 Å². The number of benzene rings is 1. The Bertz CT molecular complexity index is 541. The van der Waals surface area contributed by atoms with Crippen LogP contribution < -0.4 is 16.6 Å². The van der Waals surface area contributed by atoms with Gasteiger partial charge >= 0.3 is 0 Å². The molecule has 0 saturated carbocycles. The molecular formula is C13H17N5O. The minimum Gasteiger partial charge on any atom is -0.508 e. The van der Waals surface area contributed by atoms with Crippen molar-refractivity contribution in [1.29, 1.82) is 0 Å². The van der Waals surface area contributed by atoms with Gasteiger partial charge in [0.25, 0.3) is 0 Å². The molecule has 1 heterocycles. The molecule has 0 fully saturated rings. The smallest absolute Gasteiger partial charge is 0.239 e. The predicted molar refractivity (Wildman–Crippen MR) is 74.9 cm³/mol. The molecule has 0 spiro atoms. The number of aromatic hydroxyl groups is 1. The highest BCUT2D eigenvalue weighted by atomic mass is 16.3. The highest BCUT2D eigenvalue weighted by Gasteiger charge is 2.00. The van der Waals surface area contributed by atoms with Crippen LogP contribution in [-0.4, -0.2) is 21.6 Å². The van der Waals surface area contributed by atoms with Gasteiger partial charge in [-0.1, -0.05) is 12.1 Å². The summed E-state index contributed by atoms with van der Waals surface area (Å²) in [6.45, 7) is 2.62. The first-order valence-corrected chi connectivity index (χ1v) is 6.01. The summed E-state index contributed by atoms with van der Waals surface area (Å²) in [5, 5.41) is 12.4. The van der Waals surface area contributed by atoms with Crippen LogP contribution in [0, 0.1) is 6.92 Å². The molecular weight excluding hydrogens is 242 g/mol. The van der Waals surface area contributed by atoms with E-state index in [1.54, 1.807) is 12.1 Å². The zero-order valence-electron chi connectivity index (χ0n) is 10.7. The van der Waals surface area contributed by atoms with Gasteiger partial charge in [-0.25, -0.2) is 10.8 Å². The Hall–Kier alpha value is -2.34. The zero-order chi connectivity index (χ0) is 13.7. The van der Waals surface area contributed by atoms with E-state index in [-0.39, 0.29) is 5.75 Å². The van der Waals surface area contributed by atoms with E-state index < -0.39 is 0 Å². The number of phenolic OH excluding ortho intramolecular Hbond substituents is 1. The van der Waals surface area contributed by atoms with Crippen LogP contribution in [0.15, 0.2) is 30.3 Å². The summed E-state index contributed by atoms with van der Waals surface area (Å²) >= 11 is 0. The van der Waals surface area contributed by atoms with Crippen molar-refractivity contribution < 1.29 is 5.11 Å². The van der Waals surface area contributed by atoms with Gasteiger partial charge in [0.05, 0.1) is 0 Å². The number of nitrogens with one attached hydrogen (secondary N) is 2. The van der Waals surface area contributed by atoms with E-state index in [0.717, 1.165) is 30.0 Å². The van der Waals surface area contributed by atoms with Gasteiger partial charge in [-0.2, -0.15) is 4.98 Å². The third-order valence-corrected chi connectivity index (χ3v) is 2.64. The van der Waals surface area contributed by atoms with Crippen molar-refractivity contribution in [3.05, 3.63) is 41.6 Å². The summed E-state index contributed by atoms with van der Waals surface area (Å²) in [5.74, 6) is 6.71. The molecule has 1 aromatic heterocycles. The number of rotatable bonds is 5. The summed E-state index contributed by atoms with van der Waals surface area (Å²) in [7, 11) is 0. The first-order valence-electron chi connectivity index (χ1n) is 6.01. The number of hydrogen-bond acceptors (Lipinski definition) is 6. The average Bonchev–Trinajstić information content (AvgIpc) is 2.40. The predicted octanol–water partition coefficient (Wildman–Crippen LogP) is 1.43. The highest BCUT2D eigenvalue weighted by molar-refractivity contribution is 5.41. The fraction of sp³-hybridized carbons (Fsp3) is 0.231. The van der Waals surface area contributed by atoms with Gasteiger partial charge in [-0.3, -0.25) is 5.43 Å². The van der Waals surface area contributed by atoms with Gasteiger partial charge in [0.15, 0.2) is 0 Å². The van der Waals surface area contributed by atoms with Gasteiger partial charge < -0.3 is 10.4 Å². The summed E-state index contributed by atoms with van der Waals surface area (Å²) in [6.07, 6.45) is 0.842. The van der Waals surface area contributed by atoms with Gasteiger partial charge in [-0.15, -0.1) is 0 Å². The molecule has 0 radical (unpaired) electrons. The minimum absolute atomic E-state index is 0.279. The Kier molecular flexibility index (Phi) is 4.15. The maximum Gasteiger partial charge on any atom is 0.239 e. The molecule has 19 heavy (non-hydrogen) atoms. The molecule has 0 aliphatic carbocycles. The molecule has 0 saturated heterocycles. The monoisotopic (exact) mass is 259 g/mol. The SMILES string of the molecule is Cc1cc(NCCc2ccc(O)cc2)nc(NN)n1.